The standard InChI is InChI=1S/C11H21NO2/c1-8(2)9(3)11(14)12(6-7-13)10-4-5-10/h8-10,13H,4-7H2,1-3H3. The molecule has 0 aromatic rings. The van der Waals surface area contributed by atoms with Gasteiger partial charge in [-0.25, -0.2) is 0 Å². The molecule has 1 aliphatic carbocycles. The van der Waals surface area contributed by atoms with Crippen molar-refractivity contribution in [2.24, 2.45) is 11.8 Å². The number of carbonyl (C=O) groups excluding carboxylic acids is 1. The van der Waals surface area contributed by atoms with Gasteiger partial charge >= 0.3 is 0 Å². The summed E-state index contributed by atoms with van der Waals surface area (Å²) in [5.74, 6) is 0.654. The summed E-state index contributed by atoms with van der Waals surface area (Å²) in [6, 6.07) is 0.413. The van der Waals surface area contributed by atoms with E-state index in [2.05, 4.69) is 13.8 Å². The zero-order valence-corrected chi connectivity index (χ0v) is 9.36. The Hall–Kier alpha value is -0.570. The Bertz CT molecular complexity index is 199. The Morgan fingerprint density at radius 2 is 2.00 bits per heavy atom. The quantitative estimate of drug-likeness (QED) is 0.724. The number of hydrogen-bond donors (Lipinski definition) is 1. The molecule has 0 spiro atoms. The summed E-state index contributed by atoms with van der Waals surface area (Å²) in [6.45, 7) is 6.67. The molecule has 0 aromatic carbocycles. The maximum Gasteiger partial charge on any atom is 0.225 e. The lowest BCUT2D eigenvalue weighted by Crippen LogP contribution is -2.40. The smallest absolute Gasteiger partial charge is 0.225 e. The van der Waals surface area contributed by atoms with E-state index in [0.717, 1.165) is 12.8 Å². The lowest BCUT2D eigenvalue weighted by atomic mass is 9.96. The van der Waals surface area contributed by atoms with Crippen LogP contribution in [0.2, 0.25) is 0 Å². The van der Waals surface area contributed by atoms with Crippen molar-refractivity contribution < 1.29 is 9.90 Å². The van der Waals surface area contributed by atoms with E-state index < -0.39 is 0 Å². The average Bonchev–Trinajstić information content (AvgIpc) is 2.95. The van der Waals surface area contributed by atoms with Crippen LogP contribution in [0, 0.1) is 11.8 Å². The van der Waals surface area contributed by atoms with E-state index >= 15 is 0 Å². The number of aliphatic hydroxyl groups is 1. The minimum absolute atomic E-state index is 0.0714. The van der Waals surface area contributed by atoms with Crippen molar-refractivity contribution in [1.29, 1.82) is 0 Å². The van der Waals surface area contributed by atoms with Crippen LogP contribution in [0.25, 0.3) is 0 Å². The minimum Gasteiger partial charge on any atom is -0.395 e. The largest absolute Gasteiger partial charge is 0.395 e. The number of amides is 1. The molecule has 3 nitrogen and oxygen atoms in total. The Morgan fingerprint density at radius 1 is 1.43 bits per heavy atom. The van der Waals surface area contributed by atoms with Gasteiger partial charge in [-0.2, -0.15) is 0 Å². The highest BCUT2D eigenvalue weighted by Crippen LogP contribution is 2.28. The molecule has 1 rings (SSSR count). The highest BCUT2D eigenvalue weighted by molar-refractivity contribution is 5.79. The second-order valence-electron chi connectivity index (χ2n) is 4.52. The van der Waals surface area contributed by atoms with Crippen LogP contribution in [0.15, 0.2) is 0 Å². The van der Waals surface area contributed by atoms with E-state index in [1.807, 2.05) is 11.8 Å². The van der Waals surface area contributed by atoms with Gasteiger partial charge in [0.15, 0.2) is 0 Å². The predicted octanol–water partition coefficient (Wildman–Crippen LogP) is 1.26. The molecule has 3 heteroatoms. The van der Waals surface area contributed by atoms with Gasteiger partial charge in [0.1, 0.15) is 0 Å². The van der Waals surface area contributed by atoms with Crippen LogP contribution in [0.1, 0.15) is 33.6 Å². The Balaban J connectivity index is 2.53. The zero-order chi connectivity index (χ0) is 10.7. The van der Waals surface area contributed by atoms with Crippen LogP contribution in [0.3, 0.4) is 0 Å². The van der Waals surface area contributed by atoms with E-state index in [1.54, 1.807) is 0 Å². The van der Waals surface area contributed by atoms with Crippen LogP contribution in [-0.2, 0) is 4.79 Å². The molecule has 1 saturated carbocycles. The molecular weight excluding hydrogens is 178 g/mol. The summed E-state index contributed by atoms with van der Waals surface area (Å²) in [5, 5.41) is 8.89. The third-order valence-electron chi connectivity index (χ3n) is 3.00. The highest BCUT2D eigenvalue weighted by Gasteiger charge is 2.34. The molecule has 0 heterocycles. The molecule has 82 valence electrons. The Labute approximate surface area is 86.1 Å². The molecule has 1 unspecified atom stereocenters. The molecule has 1 amide bonds. The molecule has 1 aliphatic rings. The van der Waals surface area contributed by atoms with Crippen molar-refractivity contribution in [3.05, 3.63) is 0 Å². The number of nitrogens with zero attached hydrogens (tertiary/aromatic N) is 1. The minimum atomic E-state index is 0.0714. The third-order valence-corrected chi connectivity index (χ3v) is 3.00. The van der Waals surface area contributed by atoms with Gasteiger partial charge in [0.25, 0.3) is 0 Å². The van der Waals surface area contributed by atoms with Crippen molar-refractivity contribution in [3.63, 3.8) is 0 Å². The summed E-state index contributed by atoms with van der Waals surface area (Å²) < 4.78 is 0. The van der Waals surface area contributed by atoms with Crippen LogP contribution >= 0.6 is 0 Å². The monoisotopic (exact) mass is 199 g/mol. The molecule has 0 bridgehead atoms. The molecule has 14 heavy (non-hydrogen) atoms. The SMILES string of the molecule is CC(C)C(C)C(=O)N(CCO)C1CC1. The molecule has 0 saturated heterocycles. The molecule has 0 radical (unpaired) electrons. The van der Waals surface area contributed by atoms with Gasteiger partial charge < -0.3 is 10.0 Å². The van der Waals surface area contributed by atoms with E-state index in [9.17, 15) is 4.79 Å². The van der Waals surface area contributed by atoms with Crippen LogP contribution < -0.4 is 0 Å². The number of aliphatic hydroxyl groups excluding tert-OH is 1. The Kier molecular flexibility index (Phi) is 3.93. The molecule has 1 N–H and O–H groups in total. The van der Waals surface area contributed by atoms with Crippen molar-refractivity contribution >= 4 is 5.91 Å². The lowest BCUT2D eigenvalue weighted by molar-refractivity contribution is -0.137. The first-order valence-corrected chi connectivity index (χ1v) is 5.49. The lowest BCUT2D eigenvalue weighted by Gasteiger charge is -2.26. The maximum atomic E-state index is 12.0. The highest BCUT2D eigenvalue weighted by atomic mass is 16.3. The second-order valence-corrected chi connectivity index (χ2v) is 4.52. The maximum absolute atomic E-state index is 12.0. The van der Waals surface area contributed by atoms with Crippen molar-refractivity contribution in [2.45, 2.75) is 39.7 Å². The summed E-state index contributed by atoms with van der Waals surface area (Å²) in [4.78, 5) is 13.8. The van der Waals surface area contributed by atoms with E-state index in [0.29, 0.717) is 18.5 Å². The Morgan fingerprint density at radius 3 is 2.36 bits per heavy atom. The van der Waals surface area contributed by atoms with Gasteiger partial charge in [-0.05, 0) is 18.8 Å². The topological polar surface area (TPSA) is 40.5 Å². The van der Waals surface area contributed by atoms with Crippen molar-refractivity contribution in [1.82, 2.24) is 4.90 Å². The van der Waals surface area contributed by atoms with Crippen molar-refractivity contribution in [2.75, 3.05) is 13.2 Å². The summed E-state index contributed by atoms with van der Waals surface area (Å²) in [7, 11) is 0. The third kappa shape index (κ3) is 2.71. The number of carbonyl (C=O) groups is 1. The predicted molar refractivity (Wildman–Crippen MR) is 55.8 cm³/mol. The summed E-state index contributed by atoms with van der Waals surface area (Å²) in [5.41, 5.74) is 0. The van der Waals surface area contributed by atoms with E-state index in [4.69, 9.17) is 5.11 Å². The summed E-state index contributed by atoms with van der Waals surface area (Å²) in [6.07, 6.45) is 2.22. The number of hydrogen-bond acceptors (Lipinski definition) is 2. The zero-order valence-electron chi connectivity index (χ0n) is 9.36. The van der Waals surface area contributed by atoms with Crippen LogP contribution in [0.4, 0.5) is 0 Å². The van der Waals surface area contributed by atoms with Gasteiger partial charge in [0.2, 0.25) is 5.91 Å². The van der Waals surface area contributed by atoms with Crippen LogP contribution in [-0.4, -0.2) is 35.1 Å². The van der Waals surface area contributed by atoms with E-state index in [-0.39, 0.29) is 18.4 Å². The fourth-order valence-corrected chi connectivity index (χ4v) is 1.51. The molecular formula is C11H21NO2. The normalized spacial score (nSPS) is 18.4. The second kappa shape index (κ2) is 4.78. The van der Waals surface area contributed by atoms with E-state index in [1.165, 1.54) is 0 Å². The van der Waals surface area contributed by atoms with Crippen LogP contribution in [0.5, 0.6) is 0 Å². The van der Waals surface area contributed by atoms with Crippen molar-refractivity contribution in [3.8, 4) is 0 Å². The first-order chi connectivity index (χ1) is 6.57. The van der Waals surface area contributed by atoms with Gasteiger partial charge in [0.05, 0.1) is 6.61 Å². The first-order valence-electron chi connectivity index (χ1n) is 5.49. The fraction of sp³-hybridized carbons (Fsp3) is 0.909. The van der Waals surface area contributed by atoms with Gasteiger partial charge in [-0.15, -0.1) is 0 Å². The van der Waals surface area contributed by atoms with Gasteiger partial charge in [-0.3, -0.25) is 4.79 Å². The first kappa shape index (κ1) is 11.5. The van der Waals surface area contributed by atoms with Gasteiger partial charge in [0, 0.05) is 18.5 Å². The number of rotatable bonds is 5. The summed E-state index contributed by atoms with van der Waals surface area (Å²) >= 11 is 0. The van der Waals surface area contributed by atoms with Gasteiger partial charge in [-0.1, -0.05) is 20.8 Å². The molecule has 1 fully saturated rings. The molecule has 0 aromatic heterocycles. The molecule has 1 atom stereocenters. The average molecular weight is 199 g/mol. The molecule has 0 aliphatic heterocycles. The fourth-order valence-electron chi connectivity index (χ4n) is 1.51.